The fourth-order valence-electron chi connectivity index (χ4n) is 5.34. The smallest absolute Gasteiger partial charge is 0.235 e. The van der Waals surface area contributed by atoms with Gasteiger partial charge in [0.2, 0.25) is 5.91 Å². The van der Waals surface area contributed by atoms with E-state index in [9.17, 15) is 4.79 Å². The van der Waals surface area contributed by atoms with Crippen LogP contribution in [-0.2, 0) is 14.9 Å². The van der Waals surface area contributed by atoms with Gasteiger partial charge in [-0.25, -0.2) is 0 Å². The summed E-state index contributed by atoms with van der Waals surface area (Å²) in [7, 11) is 0. The molecule has 2 saturated heterocycles. The van der Waals surface area contributed by atoms with Crippen molar-refractivity contribution in [2.45, 2.75) is 38.5 Å². The molecule has 0 spiro atoms. The molecule has 0 aliphatic carbocycles. The Morgan fingerprint density at radius 1 is 1.09 bits per heavy atom. The highest BCUT2D eigenvalue weighted by Gasteiger charge is 2.43. The number of hydrogen-bond donors (Lipinski definition) is 1. The maximum atomic E-state index is 13.5. The molecule has 6 heteroatoms. The monoisotopic (exact) mass is 470 g/mol. The summed E-state index contributed by atoms with van der Waals surface area (Å²) in [6.07, 6.45) is 2.53. The van der Waals surface area contributed by atoms with Gasteiger partial charge < -0.3 is 14.8 Å². The SMILES string of the molecule is C[C@@H]1C[C@H](C)CN(CCOc2ccc(NC(=O)C3(c4ccccc4Cl)CCOCC3)cc2)C1. The Hall–Kier alpha value is -2.08. The number of likely N-dealkylation sites (tertiary alicyclic amines) is 1. The van der Waals surface area contributed by atoms with Gasteiger partial charge in [-0.1, -0.05) is 43.6 Å². The molecule has 2 aromatic rings. The van der Waals surface area contributed by atoms with E-state index in [1.54, 1.807) is 0 Å². The van der Waals surface area contributed by atoms with E-state index < -0.39 is 5.41 Å². The first-order valence-electron chi connectivity index (χ1n) is 12.1. The summed E-state index contributed by atoms with van der Waals surface area (Å²) in [5, 5.41) is 3.73. The number of rotatable bonds is 7. The van der Waals surface area contributed by atoms with Crippen LogP contribution in [0.1, 0.15) is 38.7 Å². The first-order chi connectivity index (χ1) is 16.0. The predicted octanol–water partition coefficient (Wildman–Crippen LogP) is 5.38. The van der Waals surface area contributed by atoms with Gasteiger partial charge in [-0.15, -0.1) is 0 Å². The summed E-state index contributed by atoms with van der Waals surface area (Å²) in [4.78, 5) is 16.0. The summed E-state index contributed by atoms with van der Waals surface area (Å²) in [5.74, 6) is 2.28. The second kappa shape index (κ2) is 10.9. The molecule has 4 rings (SSSR count). The Labute approximate surface area is 202 Å². The van der Waals surface area contributed by atoms with E-state index in [1.807, 2.05) is 48.5 Å². The summed E-state index contributed by atoms with van der Waals surface area (Å²) in [6, 6.07) is 15.3. The van der Waals surface area contributed by atoms with Crippen LogP contribution in [0.15, 0.2) is 48.5 Å². The molecule has 33 heavy (non-hydrogen) atoms. The fourth-order valence-corrected chi connectivity index (χ4v) is 5.66. The van der Waals surface area contributed by atoms with Crippen LogP contribution in [-0.4, -0.2) is 50.3 Å². The highest BCUT2D eigenvalue weighted by atomic mass is 35.5. The summed E-state index contributed by atoms with van der Waals surface area (Å²) in [6.45, 7) is 9.64. The van der Waals surface area contributed by atoms with Crippen molar-refractivity contribution in [1.29, 1.82) is 0 Å². The first-order valence-corrected chi connectivity index (χ1v) is 12.4. The van der Waals surface area contributed by atoms with Crippen LogP contribution in [0.4, 0.5) is 5.69 Å². The minimum Gasteiger partial charge on any atom is -0.492 e. The third-order valence-electron chi connectivity index (χ3n) is 6.90. The standard InChI is InChI=1S/C27H35ClN2O3/c1-20-17-21(2)19-30(18-20)13-16-33-23-9-7-22(8-10-23)29-26(31)27(11-14-32-15-12-27)24-5-3-4-6-25(24)28/h3-10,20-21H,11-19H2,1-2H3,(H,29,31)/t20-,21+. The van der Waals surface area contributed by atoms with Crippen molar-refractivity contribution in [2.75, 3.05) is 44.8 Å². The maximum Gasteiger partial charge on any atom is 0.235 e. The molecule has 0 unspecified atom stereocenters. The number of ether oxygens (including phenoxy) is 2. The Morgan fingerprint density at radius 2 is 1.76 bits per heavy atom. The van der Waals surface area contributed by atoms with Crippen LogP contribution in [0.2, 0.25) is 5.02 Å². The van der Waals surface area contributed by atoms with Gasteiger partial charge in [0.1, 0.15) is 12.4 Å². The number of carbonyl (C=O) groups is 1. The topological polar surface area (TPSA) is 50.8 Å². The van der Waals surface area contributed by atoms with E-state index >= 15 is 0 Å². The molecule has 2 fully saturated rings. The molecule has 2 atom stereocenters. The number of carbonyl (C=O) groups excluding carboxylic acids is 1. The largest absolute Gasteiger partial charge is 0.492 e. The first kappa shape index (κ1) is 24.1. The number of nitrogens with one attached hydrogen (secondary N) is 1. The molecule has 2 heterocycles. The van der Waals surface area contributed by atoms with Crippen molar-refractivity contribution in [2.24, 2.45) is 11.8 Å². The van der Waals surface area contributed by atoms with Crippen LogP contribution in [0, 0.1) is 11.8 Å². The van der Waals surface area contributed by atoms with Crippen LogP contribution in [0.25, 0.3) is 0 Å². The molecule has 0 bridgehead atoms. The van der Waals surface area contributed by atoms with E-state index in [1.165, 1.54) is 6.42 Å². The van der Waals surface area contributed by atoms with Crippen molar-refractivity contribution in [3.63, 3.8) is 0 Å². The van der Waals surface area contributed by atoms with Crippen LogP contribution >= 0.6 is 11.6 Å². The lowest BCUT2D eigenvalue weighted by molar-refractivity contribution is -0.125. The molecule has 0 aromatic heterocycles. The maximum absolute atomic E-state index is 13.5. The Balaban J connectivity index is 1.36. The molecule has 1 N–H and O–H groups in total. The van der Waals surface area contributed by atoms with Crippen molar-refractivity contribution in [3.8, 4) is 5.75 Å². The van der Waals surface area contributed by atoms with Crippen molar-refractivity contribution in [3.05, 3.63) is 59.1 Å². The van der Waals surface area contributed by atoms with Gasteiger partial charge in [0.15, 0.2) is 0 Å². The molecule has 1 amide bonds. The minimum atomic E-state index is -0.686. The van der Waals surface area contributed by atoms with Crippen LogP contribution in [0.5, 0.6) is 5.75 Å². The lowest BCUT2D eigenvalue weighted by atomic mass is 9.73. The lowest BCUT2D eigenvalue weighted by Gasteiger charge is -2.36. The molecule has 0 radical (unpaired) electrons. The van der Waals surface area contributed by atoms with E-state index in [2.05, 4.69) is 24.1 Å². The second-order valence-electron chi connectivity index (χ2n) is 9.71. The van der Waals surface area contributed by atoms with E-state index in [4.69, 9.17) is 21.1 Å². The number of halogens is 1. The molecule has 5 nitrogen and oxygen atoms in total. The quantitative estimate of drug-likeness (QED) is 0.590. The number of nitrogens with zero attached hydrogens (tertiary/aromatic N) is 1. The Morgan fingerprint density at radius 3 is 2.42 bits per heavy atom. The third-order valence-corrected chi connectivity index (χ3v) is 7.23. The van der Waals surface area contributed by atoms with Crippen molar-refractivity contribution >= 4 is 23.2 Å². The molecular formula is C27H35ClN2O3. The molecular weight excluding hydrogens is 436 g/mol. The van der Waals surface area contributed by atoms with Gasteiger partial charge in [0.05, 0.1) is 5.41 Å². The molecule has 2 aliphatic rings. The fraction of sp³-hybridized carbons (Fsp3) is 0.519. The summed E-state index contributed by atoms with van der Waals surface area (Å²) < 4.78 is 11.5. The summed E-state index contributed by atoms with van der Waals surface area (Å²) >= 11 is 6.49. The lowest BCUT2D eigenvalue weighted by Crippen LogP contribution is -2.45. The zero-order valence-corrected chi connectivity index (χ0v) is 20.4. The molecule has 0 saturated carbocycles. The number of amides is 1. The van der Waals surface area contributed by atoms with Crippen LogP contribution < -0.4 is 10.1 Å². The van der Waals surface area contributed by atoms with E-state index in [0.29, 0.717) is 37.7 Å². The molecule has 2 aromatic carbocycles. The van der Waals surface area contributed by atoms with Crippen molar-refractivity contribution in [1.82, 2.24) is 4.90 Å². The number of benzene rings is 2. The molecule has 2 aliphatic heterocycles. The van der Waals surface area contributed by atoms with Gasteiger partial charge in [-0.05, 0) is 67.0 Å². The third kappa shape index (κ3) is 5.89. The van der Waals surface area contributed by atoms with Gasteiger partial charge in [-0.3, -0.25) is 9.69 Å². The number of piperidine rings is 1. The highest BCUT2D eigenvalue weighted by Crippen LogP contribution is 2.39. The normalized spacial score (nSPS) is 23.1. The van der Waals surface area contributed by atoms with Crippen LogP contribution in [0.3, 0.4) is 0 Å². The van der Waals surface area contributed by atoms with E-state index in [0.717, 1.165) is 48.5 Å². The average molecular weight is 471 g/mol. The zero-order chi connectivity index (χ0) is 23.3. The van der Waals surface area contributed by atoms with Gasteiger partial charge in [-0.2, -0.15) is 0 Å². The summed E-state index contributed by atoms with van der Waals surface area (Å²) in [5.41, 5.74) is 0.937. The Bertz CT molecular complexity index is 917. The zero-order valence-electron chi connectivity index (χ0n) is 19.7. The predicted molar refractivity (Wildman–Crippen MR) is 133 cm³/mol. The van der Waals surface area contributed by atoms with E-state index in [-0.39, 0.29) is 5.91 Å². The van der Waals surface area contributed by atoms with Gasteiger partial charge >= 0.3 is 0 Å². The number of anilines is 1. The second-order valence-corrected chi connectivity index (χ2v) is 10.1. The molecule has 178 valence electrons. The average Bonchev–Trinajstić information content (AvgIpc) is 2.80. The van der Waals surface area contributed by atoms with Crippen molar-refractivity contribution < 1.29 is 14.3 Å². The minimum absolute atomic E-state index is 0.0408. The highest BCUT2D eigenvalue weighted by molar-refractivity contribution is 6.31. The number of hydrogen-bond acceptors (Lipinski definition) is 4. The Kier molecular flexibility index (Phi) is 7.94. The van der Waals surface area contributed by atoms with Gasteiger partial charge in [0.25, 0.3) is 0 Å². The van der Waals surface area contributed by atoms with Gasteiger partial charge in [0, 0.05) is 43.6 Å².